The van der Waals surface area contributed by atoms with E-state index in [1.165, 1.54) is 19.8 Å². The summed E-state index contributed by atoms with van der Waals surface area (Å²) in [5.41, 5.74) is 2.58. The lowest BCUT2D eigenvalue weighted by atomic mass is 10.1. The number of ether oxygens (including phenoxy) is 1. The molecule has 2 aromatic carbocycles. The molecule has 1 heterocycles. The van der Waals surface area contributed by atoms with Crippen LogP contribution in [0.5, 0.6) is 5.75 Å². The van der Waals surface area contributed by atoms with Gasteiger partial charge in [0.25, 0.3) is 5.91 Å². The second-order valence-electron chi connectivity index (χ2n) is 6.56. The molecule has 26 heavy (non-hydrogen) atoms. The summed E-state index contributed by atoms with van der Waals surface area (Å²) >= 11 is 0. The molecule has 5 nitrogen and oxygen atoms in total. The summed E-state index contributed by atoms with van der Waals surface area (Å²) in [7, 11) is 0. The standard InChI is InChI=1S/C21H24N2O3/c1-16(24)17-8-10-19(11-9-17)26-15-21(25)22-20-7-3-2-6-18(20)14-23-12-4-5-13-23/h2-3,6-11H,4-5,12-15H2,1H3,(H,22,25). The Morgan fingerprint density at radius 1 is 1.04 bits per heavy atom. The molecule has 0 unspecified atom stereocenters. The average Bonchev–Trinajstić information content (AvgIpc) is 3.15. The Hall–Kier alpha value is -2.66. The molecule has 0 radical (unpaired) electrons. The zero-order valence-electron chi connectivity index (χ0n) is 15.0. The van der Waals surface area contributed by atoms with E-state index in [9.17, 15) is 9.59 Å². The van der Waals surface area contributed by atoms with Crippen molar-refractivity contribution in [1.29, 1.82) is 0 Å². The van der Waals surface area contributed by atoms with Crippen molar-refractivity contribution in [1.82, 2.24) is 4.90 Å². The zero-order valence-corrected chi connectivity index (χ0v) is 15.0. The lowest BCUT2D eigenvalue weighted by Crippen LogP contribution is -2.23. The molecule has 0 spiro atoms. The van der Waals surface area contributed by atoms with Crippen LogP contribution in [0.2, 0.25) is 0 Å². The van der Waals surface area contributed by atoms with Crippen LogP contribution in [-0.4, -0.2) is 36.3 Å². The normalized spacial score (nSPS) is 14.2. The second kappa shape index (κ2) is 8.63. The summed E-state index contributed by atoms with van der Waals surface area (Å²) in [5.74, 6) is 0.369. The smallest absolute Gasteiger partial charge is 0.262 e. The number of para-hydroxylation sites is 1. The van der Waals surface area contributed by atoms with E-state index in [1.54, 1.807) is 24.3 Å². The molecule has 136 valence electrons. The van der Waals surface area contributed by atoms with E-state index in [0.29, 0.717) is 11.3 Å². The number of carbonyl (C=O) groups is 2. The van der Waals surface area contributed by atoms with Crippen molar-refractivity contribution < 1.29 is 14.3 Å². The van der Waals surface area contributed by atoms with E-state index in [0.717, 1.165) is 30.9 Å². The number of rotatable bonds is 7. The summed E-state index contributed by atoms with van der Waals surface area (Å²) < 4.78 is 5.51. The van der Waals surface area contributed by atoms with Crippen molar-refractivity contribution in [3.8, 4) is 5.75 Å². The monoisotopic (exact) mass is 352 g/mol. The Balaban J connectivity index is 1.55. The number of likely N-dealkylation sites (tertiary alicyclic amines) is 1. The fourth-order valence-corrected chi connectivity index (χ4v) is 3.08. The van der Waals surface area contributed by atoms with Crippen LogP contribution in [-0.2, 0) is 11.3 Å². The van der Waals surface area contributed by atoms with Crippen LogP contribution in [0, 0.1) is 0 Å². The van der Waals surface area contributed by atoms with Gasteiger partial charge in [-0.25, -0.2) is 0 Å². The van der Waals surface area contributed by atoms with Gasteiger partial charge in [0.05, 0.1) is 0 Å². The number of benzene rings is 2. The SMILES string of the molecule is CC(=O)c1ccc(OCC(=O)Nc2ccccc2CN2CCCC2)cc1. The molecule has 0 aliphatic carbocycles. The van der Waals surface area contributed by atoms with Gasteiger partial charge in [0, 0.05) is 17.8 Å². The molecule has 1 saturated heterocycles. The lowest BCUT2D eigenvalue weighted by molar-refractivity contribution is -0.118. The fourth-order valence-electron chi connectivity index (χ4n) is 3.08. The third-order valence-electron chi connectivity index (χ3n) is 4.51. The first-order valence-electron chi connectivity index (χ1n) is 8.96. The molecular formula is C21H24N2O3. The van der Waals surface area contributed by atoms with Crippen LogP contribution in [0.3, 0.4) is 0 Å². The first kappa shape index (κ1) is 18.1. The molecule has 1 amide bonds. The van der Waals surface area contributed by atoms with Gasteiger partial charge >= 0.3 is 0 Å². The highest BCUT2D eigenvalue weighted by atomic mass is 16.5. The maximum absolute atomic E-state index is 12.2. The van der Waals surface area contributed by atoms with Gasteiger partial charge in [-0.05, 0) is 68.8 Å². The van der Waals surface area contributed by atoms with E-state index < -0.39 is 0 Å². The van der Waals surface area contributed by atoms with E-state index >= 15 is 0 Å². The maximum Gasteiger partial charge on any atom is 0.262 e. The summed E-state index contributed by atoms with van der Waals surface area (Å²) in [6, 6.07) is 14.7. The number of carbonyl (C=O) groups excluding carboxylic acids is 2. The number of Topliss-reactive ketones (excluding diaryl/α,β-unsaturated/α-hetero) is 1. The molecule has 0 aromatic heterocycles. The number of amides is 1. The van der Waals surface area contributed by atoms with Gasteiger partial charge in [0.1, 0.15) is 5.75 Å². The summed E-state index contributed by atoms with van der Waals surface area (Å²) in [6.45, 7) is 4.52. The van der Waals surface area contributed by atoms with Crippen LogP contribution in [0.15, 0.2) is 48.5 Å². The molecule has 1 N–H and O–H groups in total. The maximum atomic E-state index is 12.2. The summed E-state index contributed by atoms with van der Waals surface area (Å²) in [6.07, 6.45) is 2.48. The zero-order chi connectivity index (χ0) is 18.4. The highest BCUT2D eigenvalue weighted by Crippen LogP contribution is 2.20. The van der Waals surface area contributed by atoms with Gasteiger partial charge in [-0.15, -0.1) is 0 Å². The van der Waals surface area contributed by atoms with Crippen molar-refractivity contribution >= 4 is 17.4 Å². The largest absolute Gasteiger partial charge is 0.484 e. The van der Waals surface area contributed by atoms with Crippen molar-refractivity contribution in [3.05, 3.63) is 59.7 Å². The number of nitrogens with zero attached hydrogens (tertiary/aromatic N) is 1. The van der Waals surface area contributed by atoms with E-state index in [4.69, 9.17) is 4.74 Å². The summed E-state index contributed by atoms with van der Waals surface area (Å²) in [5, 5.41) is 2.94. The minimum absolute atomic E-state index is 0.00361. The number of ketones is 1. The highest BCUT2D eigenvalue weighted by Gasteiger charge is 2.14. The molecule has 5 heteroatoms. The van der Waals surface area contributed by atoms with E-state index in [2.05, 4.69) is 16.3 Å². The topological polar surface area (TPSA) is 58.6 Å². The van der Waals surface area contributed by atoms with Gasteiger partial charge in [-0.3, -0.25) is 14.5 Å². The fraction of sp³-hybridized carbons (Fsp3) is 0.333. The van der Waals surface area contributed by atoms with Crippen LogP contribution in [0.4, 0.5) is 5.69 Å². The van der Waals surface area contributed by atoms with Crippen molar-refractivity contribution in [3.63, 3.8) is 0 Å². The Morgan fingerprint density at radius 3 is 2.42 bits per heavy atom. The Kier molecular flexibility index (Phi) is 6.02. The molecule has 0 atom stereocenters. The number of anilines is 1. The molecule has 1 aliphatic rings. The molecule has 0 bridgehead atoms. The van der Waals surface area contributed by atoms with Crippen LogP contribution in [0.1, 0.15) is 35.7 Å². The molecule has 3 rings (SSSR count). The highest BCUT2D eigenvalue weighted by molar-refractivity contribution is 5.94. The Labute approximate surface area is 154 Å². The van der Waals surface area contributed by atoms with Crippen molar-refractivity contribution in [2.45, 2.75) is 26.3 Å². The van der Waals surface area contributed by atoms with Gasteiger partial charge in [-0.1, -0.05) is 18.2 Å². The lowest BCUT2D eigenvalue weighted by Gasteiger charge is -2.18. The van der Waals surface area contributed by atoms with Gasteiger partial charge in [-0.2, -0.15) is 0 Å². The predicted molar refractivity (Wildman–Crippen MR) is 102 cm³/mol. The molecule has 2 aromatic rings. The van der Waals surface area contributed by atoms with Crippen LogP contribution >= 0.6 is 0 Å². The van der Waals surface area contributed by atoms with Gasteiger partial charge in [0.15, 0.2) is 12.4 Å². The average molecular weight is 352 g/mol. The van der Waals surface area contributed by atoms with Gasteiger partial charge < -0.3 is 10.1 Å². The number of hydrogen-bond acceptors (Lipinski definition) is 4. The quantitative estimate of drug-likeness (QED) is 0.775. The summed E-state index contributed by atoms with van der Waals surface area (Å²) in [4.78, 5) is 25.9. The van der Waals surface area contributed by atoms with Crippen LogP contribution in [0.25, 0.3) is 0 Å². The molecular weight excluding hydrogens is 328 g/mol. The molecule has 1 aliphatic heterocycles. The van der Waals surface area contributed by atoms with E-state index in [1.807, 2.05) is 18.2 Å². The molecule has 0 saturated carbocycles. The molecule has 1 fully saturated rings. The first-order valence-corrected chi connectivity index (χ1v) is 8.96. The first-order chi connectivity index (χ1) is 12.6. The van der Waals surface area contributed by atoms with Crippen molar-refractivity contribution in [2.24, 2.45) is 0 Å². The minimum atomic E-state index is -0.200. The Bertz CT molecular complexity index is 765. The Morgan fingerprint density at radius 2 is 1.73 bits per heavy atom. The third kappa shape index (κ3) is 4.92. The predicted octanol–water partition coefficient (Wildman–Crippen LogP) is 3.50. The minimum Gasteiger partial charge on any atom is -0.484 e. The third-order valence-corrected chi connectivity index (χ3v) is 4.51. The van der Waals surface area contributed by atoms with Gasteiger partial charge in [0.2, 0.25) is 0 Å². The second-order valence-corrected chi connectivity index (χ2v) is 6.56. The van der Waals surface area contributed by atoms with Crippen molar-refractivity contribution in [2.75, 3.05) is 25.0 Å². The number of nitrogens with one attached hydrogen (secondary N) is 1. The van der Waals surface area contributed by atoms with Crippen LogP contribution < -0.4 is 10.1 Å². The van der Waals surface area contributed by atoms with E-state index in [-0.39, 0.29) is 18.3 Å². The number of hydrogen-bond donors (Lipinski definition) is 1.